The zero-order chi connectivity index (χ0) is 18.5. The van der Waals surface area contributed by atoms with Crippen LogP contribution in [0.1, 0.15) is 31.2 Å². The molecule has 3 aromatic rings. The van der Waals surface area contributed by atoms with Crippen molar-refractivity contribution < 1.29 is 13.9 Å². The third-order valence-electron chi connectivity index (χ3n) is 4.20. The van der Waals surface area contributed by atoms with Gasteiger partial charge < -0.3 is 19.4 Å². The van der Waals surface area contributed by atoms with Gasteiger partial charge in [0.15, 0.2) is 11.3 Å². The number of ether oxygens (including phenoxy) is 1. The van der Waals surface area contributed by atoms with Crippen LogP contribution in [-0.4, -0.2) is 24.6 Å². The number of nitrogens with zero attached hydrogens (tertiary/aromatic N) is 1. The first-order valence-electron chi connectivity index (χ1n) is 8.79. The number of carbonyl (C=O) groups is 1. The smallest absolute Gasteiger partial charge is 0.318 e. The second-order valence-corrected chi connectivity index (χ2v) is 6.27. The Labute approximate surface area is 153 Å². The molecule has 0 saturated heterocycles. The molecule has 2 aromatic carbocycles. The summed E-state index contributed by atoms with van der Waals surface area (Å²) in [5.41, 5.74) is 1.80. The molecular weight excluding hydrogens is 328 g/mol. The maximum Gasteiger partial charge on any atom is 0.318 e. The highest BCUT2D eigenvalue weighted by Gasteiger charge is 2.18. The maximum absolute atomic E-state index is 12.5. The number of hydrogen-bond acceptors (Lipinski definition) is 3. The molecule has 5 heteroatoms. The first-order valence-corrected chi connectivity index (χ1v) is 8.79. The Bertz CT molecular complexity index is 873. The van der Waals surface area contributed by atoms with Crippen LogP contribution >= 0.6 is 0 Å². The summed E-state index contributed by atoms with van der Waals surface area (Å²) in [5, 5.41) is 3.94. The number of fused-ring (bicyclic) bond motifs is 1. The van der Waals surface area contributed by atoms with E-state index in [0.29, 0.717) is 24.5 Å². The summed E-state index contributed by atoms with van der Waals surface area (Å²) in [6.45, 7) is 4.97. The summed E-state index contributed by atoms with van der Waals surface area (Å²) in [4.78, 5) is 14.1. The second-order valence-electron chi connectivity index (χ2n) is 6.27. The molecule has 0 fully saturated rings. The fourth-order valence-corrected chi connectivity index (χ4v) is 2.83. The summed E-state index contributed by atoms with van der Waals surface area (Å²) in [5.74, 6) is 1.42. The molecule has 0 spiro atoms. The Morgan fingerprint density at radius 1 is 1.19 bits per heavy atom. The number of nitrogens with one attached hydrogen (secondary N) is 1. The number of urea groups is 1. The molecule has 0 saturated carbocycles. The van der Waals surface area contributed by atoms with Gasteiger partial charge in [0.2, 0.25) is 0 Å². The zero-order valence-corrected chi connectivity index (χ0v) is 15.4. The van der Waals surface area contributed by atoms with Crippen LogP contribution in [0.2, 0.25) is 0 Å². The molecule has 1 atom stereocenters. The van der Waals surface area contributed by atoms with Crippen molar-refractivity contribution in [2.45, 2.75) is 26.4 Å². The fourth-order valence-electron chi connectivity index (χ4n) is 2.83. The molecule has 2 amide bonds. The Kier molecular flexibility index (Phi) is 5.46. The van der Waals surface area contributed by atoms with Gasteiger partial charge in [-0.05, 0) is 31.5 Å². The van der Waals surface area contributed by atoms with Crippen molar-refractivity contribution in [1.82, 2.24) is 10.2 Å². The van der Waals surface area contributed by atoms with E-state index in [1.165, 1.54) is 0 Å². The average Bonchev–Trinajstić information content (AvgIpc) is 3.08. The number of rotatable bonds is 6. The third kappa shape index (κ3) is 3.99. The summed E-state index contributed by atoms with van der Waals surface area (Å²) in [7, 11) is 1.78. The number of furan rings is 1. The monoisotopic (exact) mass is 352 g/mol. The molecule has 0 aliphatic heterocycles. The van der Waals surface area contributed by atoms with E-state index in [1.54, 1.807) is 11.9 Å². The lowest BCUT2D eigenvalue weighted by Gasteiger charge is -2.20. The van der Waals surface area contributed by atoms with Crippen LogP contribution in [0.5, 0.6) is 5.75 Å². The molecule has 0 aliphatic carbocycles. The molecular formula is C21H24N2O3. The van der Waals surface area contributed by atoms with Crippen LogP contribution in [0.3, 0.4) is 0 Å². The van der Waals surface area contributed by atoms with E-state index < -0.39 is 0 Å². The standard InChI is InChI=1S/C21H24N2O3/c1-4-25-18-12-8-11-17-13-19(26-20(17)18)15(2)22-21(24)23(3)14-16-9-6-5-7-10-16/h5-13,15H,4,14H2,1-3H3,(H,22,24). The lowest BCUT2D eigenvalue weighted by molar-refractivity contribution is 0.202. The number of amides is 2. The second kappa shape index (κ2) is 7.95. The topological polar surface area (TPSA) is 54.7 Å². The fraction of sp³-hybridized carbons (Fsp3) is 0.286. The minimum Gasteiger partial charge on any atom is -0.490 e. The Hall–Kier alpha value is -2.95. The van der Waals surface area contributed by atoms with Gasteiger partial charge in [0.1, 0.15) is 5.76 Å². The van der Waals surface area contributed by atoms with Gasteiger partial charge in [0.05, 0.1) is 12.6 Å². The Balaban J connectivity index is 1.69. The Morgan fingerprint density at radius 3 is 2.69 bits per heavy atom. The molecule has 5 nitrogen and oxygen atoms in total. The van der Waals surface area contributed by atoms with Crippen molar-refractivity contribution >= 4 is 17.0 Å². The van der Waals surface area contributed by atoms with E-state index in [-0.39, 0.29) is 12.1 Å². The van der Waals surface area contributed by atoms with Gasteiger partial charge in [-0.15, -0.1) is 0 Å². The van der Waals surface area contributed by atoms with Crippen molar-refractivity contribution in [3.05, 3.63) is 65.9 Å². The molecule has 1 heterocycles. The SMILES string of the molecule is CCOc1cccc2cc(C(C)NC(=O)N(C)Cc3ccccc3)oc12. The zero-order valence-electron chi connectivity index (χ0n) is 15.4. The molecule has 1 aromatic heterocycles. The van der Waals surface area contributed by atoms with Crippen molar-refractivity contribution in [3.8, 4) is 5.75 Å². The number of hydrogen-bond donors (Lipinski definition) is 1. The van der Waals surface area contributed by atoms with E-state index in [4.69, 9.17) is 9.15 Å². The van der Waals surface area contributed by atoms with E-state index >= 15 is 0 Å². The summed E-state index contributed by atoms with van der Waals surface area (Å²) in [6.07, 6.45) is 0. The normalized spacial score (nSPS) is 12.0. The van der Waals surface area contributed by atoms with Gasteiger partial charge in [-0.1, -0.05) is 42.5 Å². The van der Waals surface area contributed by atoms with Crippen molar-refractivity contribution in [2.75, 3.05) is 13.7 Å². The van der Waals surface area contributed by atoms with Crippen LogP contribution in [0.15, 0.2) is 59.0 Å². The maximum atomic E-state index is 12.5. The van der Waals surface area contributed by atoms with Gasteiger partial charge in [-0.2, -0.15) is 0 Å². The number of para-hydroxylation sites is 1. The minimum absolute atomic E-state index is 0.146. The summed E-state index contributed by atoms with van der Waals surface area (Å²) < 4.78 is 11.6. The average molecular weight is 352 g/mol. The van der Waals surface area contributed by atoms with Crippen LogP contribution in [-0.2, 0) is 6.54 Å². The highest BCUT2D eigenvalue weighted by Crippen LogP contribution is 2.31. The van der Waals surface area contributed by atoms with Gasteiger partial charge in [-0.25, -0.2) is 4.79 Å². The van der Waals surface area contributed by atoms with Gasteiger partial charge >= 0.3 is 6.03 Å². The van der Waals surface area contributed by atoms with Crippen LogP contribution in [0, 0.1) is 0 Å². The number of carbonyl (C=O) groups excluding carboxylic acids is 1. The van der Waals surface area contributed by atoms with E-state index in [9.17, 15) is 4.79 Å². The number of benzene rings is 2. The van der Waals surface area contributed by atoms with Crippen molar-refractivity contribution in [2.24, 2.45) is 0 Å². The van der Waals surface area contributed by atoms with E-state index in [2.05, 4.69) is 5.32 Å². The first-order chi connectivity index (χ1) is 12.6. The van der Waals surface area contributed by atoms with E-state index in [1.807, 2.05) is 68.4 Å². The van der Waals surface area contributed by atoms with E-state index in [0.717, 1.165) is 16.7 Å². The minimum atomic E-state index is -0.248. The molecule has 26 heavy (non-hydrogen) atoms. The lowest BCUT2D eigenvalue weighted by Crippen LogP contribution is -2.38. The van der Waals surface area contributed by atoms with Crippen molar-refractivity contribution in [1.29, 1.82) is 0 Å². The molecule has 1 N–H and O–H groups in total. The van der Waals surface area contributed by atoms with Gasteiger partial charge in [0, 0.05) is 19.0 Å². The summed E-state index contributed by atoms with van der Waals surface area (Å²) >= 11 is 0. The molecule has 1 unspecified atom stereocenters. The highest BCUT2D eigenvalue weighted by molar-refractivity contribution is 5.84. The first kappa shape index (κ1) is 17.9. The predicted octanol–water partition coefficient (Wildman–Crippen LogP) is 4.73. The molecule has 3 rings (SSSR count). The molecule has 0 radical (unpaired) electrons. The van der Waals surface area contributed by atoms with Crippen LogP contribution in [0.25, 0.3) is 11.0 Å². The van der Waals surface area contributed by atoms with Crippen molar-refractivity contribution in [3.63, 3.8) is 0 Å². The predicted molar refractivity (Wildman–Crippen MR) is 102 cm³/mol. The van der Waals surface area contributed by atoms with Crippen LogP contribution < -0.4 is 10.1 Å². The molecule has 0 bridgehead atoms. The van der Waals surface area contributed by atoms with Gasteiger partial charge in [-0.3, -0.25) is 0 Å². The van der Waals surface area contributed by atoms with Gasteiger partial charge in [0.25, 0.3) is 0 Å². The molecule has 136 valence electrons. The van der Waals surface area contributed by atoms with Crippen LogP contribution in [0.4, 0.5) is 4.79 Å². The lowest BCUT2D eigenvalue weighted by atomic mass is 10.2. The largest absolute Gasteiger partial charge is 0.490 e. The third-order valence-corrected chi connectivity index (χ3v) is 4.20. The summed E-state index contributed by atoms with van der Waals surface area (Å²) in [6, 6.07) is 17.2. The molecule has 0 aliphatic rings. The highest BCUT2D eigenvalue weighted by atomic mass is 16.5. The Morgan fingerprint density at radius 2 is 1.96 bits per heavy atom. The quantitative estimate of drug-likeness (QED) is 0.697.